The summed E-state index contributed by atoms with van der Waals surface area (Å²) in [4.78, 5) is 24.9. The Bertz CT molecular complexity index is 934. The number of carbonyl (C=O) groups excluding carboxylic acids is 2. The summed E-state index contributed by atoms with van der Waals surface area (Å²) in [6.07, 6.45) is 3.55. The molecule has 0 aliphatic carbocycles. The molecule has 1 unspecified atom stereocenters. The molecule has 0 aliphatic rings. The molecule has 2 aromatic carbocycles. The van der Waals surface area contributed by atoms with Crippen molar-refractivity contribution in [2.45, 2.75) is 13.0 Å². The molecule has 3 N–H and O–H groups in total. The molecule has 0 spiro atoms. The average Bonchev–Trinajstić information content (AvgIpc) is 2.68. The van der Waals surface area contributed by atoms with Crippen LogP contribution < -0.4 is 9.88 Å². The van der Waals surface area contributed by atoms with Crippen molar-refractivity contribution in [2.24, 2.45) is 0 Å². The van der Waals surface area contributed by atoms with E-state index in [1.807, 2.05) is 25.1 Å². The van der Waals surface area contributed by atoms with E-state index in [1.165, 1.54) is 0 Å². The Morgan fingerprint density at radius 1 is 0.929 bits per heavy atom. The van der Waals surface area contributed by atoms with Crippen molar-refractivity contribution in [3.63, 3.8) is 0 Å². The van der Waals surface area contributed by atoms with Crippen LogP contribution in [0.3, 0.4) is 0 Å². The minimum atomic E-state index is -0.412. The number of pyridine rings is 1. The number of carbonyl (C=O) groups is 2. The fraction of sp³-hybridized carbons (Fsp3) is 0.0952. The molecule has 0 radical (unpaired) electrons. The summed E-state index contributed by atoms with van der Waals surface area (Å²) < 4.78 is 1.78. The first-order valence-electron chi connectivity index (χ1n) is 8.21. The van der Waals surface area contributed by atoms with Gasteiger partial charge in [0.2, 0.25) is 11.8 Å². The first-order valence-corrected chi connectivity index (χ1v) is 8.59. The zero-order chi connectivity index (χ0) is 18.5. The summed E-state index contributed by atoms with van der Waals surface area (Å²) in [5, 5.41) is 3.44. The van der Waals surface area contributed by atoms with Crippen molar-refractivity contribution in [1.29, 1.82) is 0 Å². The van der Waals surface area contributed by atoms with Gasteiger partial charge in [-0.25, -0.2) is 0 Å². The molecule has 1 amide bonds. The molecule has 0 saturated carbocycles. The second kappa shape index (κ2) is 10.7. The van der Waals surface area contributed by atoms with Crippen molar-refractivity contribution in [3.8, 4) is 0 Å². The number of aromatic nitrogens is 1. The van der Waals surface area contributed by atoms with E-state index in [9.17, 15) is 9.59 Å². The van der Waals surface area contributed by atoms with Gasteiger partial charge in [0.1, 0.15) is 5.69 Å². The van der Waals surface area contributed by atoms with Crippen molar-refractivity contribution < 1.29 is 19.6 Å². The maximum absolute atomic E-state index is 12.7. The number of halogens is 2. The molecule has 3 aromatic rings. The lowest BCUT2D eigenvalue weighted by Crippen LogP contribution is -2.42. The molecule has 0 bridgehead atoms. The van der Waals surface area contributed by atoms with E-state index in [0.717, 1.165) is 0 Å². The number of rotatable bonds is 5. The normalized spacial score (nSPS) is 10.8. The minimum absolute atomic E-state index is 0. The Hall–Kier alpha value is -2.54. The van der Waals surface area contributed by atoms with Crippen LogP contribution in [-0.2, 0) is 0 Å². The predicted octanol–water partition coefficient (Wildman–Crippen LogP) is 4.08. The second-order valence-corrected chi connectivity index (χ2v) is 6.34. The SMILES string of the molecule is Br.CC(C(=O)c1ccc(Cl)cc1)[n+]1cccc(NC(=O)c2ccccc2)c1.O. The molecule has 28 heavy (non-hydrogen) atoms. The molecule has 1 atom stereocenters. The molecule has 5 nitrogen and oxygen atoms in total. The number of amides is 1. The molecule has 1 aromatic heterocycles. The standard InChI is InChI=1S/C21H17ClN2O2.BrH.H2O/c1-15(20(25)16-9-11-18(22)12-10-16)24-13-5-8-19(14-24)23-21(26)17-6-3-2-4-7-17;;/h2-15H,1H3;1H;1H2/p+1. The van der Waals surface area contributed by atoms with Crippen LogP contribution in [0, 0.1) is 0 Å². The molecule has 0 aliphatic heterocycles. The number of hydrogen-bond donors (Lipinski definition) is 1. The second-order valence-electron chi connectivity index (χ2n) is 5.91. The average molecular weight is 465 g/mol. The highest BCUT2D eigenvalue weighted by atomic mass is 79.9. The number of nitrogens with zero attached hydrogens (tertiary/aromatic N) is 1. The fourth-order valence-corrected chi connectivity index (χ4v) is 2.72. The maximum Gasteiger partial charge on any atom is 0.255 e. The van der Waals surface area contributed by atoms with E-state index in [4.69, 9.17) is 11.6 Å². The van der Waals surface area contributed by atoms with Crippen molar-refractivity contribution in [2.75, 3.05) is 5.32 Å². The van der Waals surface area contributed by atoms with Gasteiger partial charge in [0.15, 0.2) is 12.4 Å². The van der Waals surface area contributed by atoms with Gasteiger partial charge in [-0.3, -0.25) is 9.59 Å². The lowest BCUT2D eigenvalue weighted by molar-refractivity contribution is -0.704. The molecular formula is C21H21BrClN2O3+. The van der Waals surface area contributed by atoms with Crippen LogP contribution in [0.1, 0.15) is 33.7 Å². The van der Waals surface area contributed by atoms with E-state index in [0.29, 0.717) is 21.8 Å². The highest BCUT2D eigenvalue weighted by molar-refractivity contribution is 8.93. The highest BCUT2D eigenvalue weighted by Crippen LogP contribution is 2.14. The summed E-state index contributed by atoms with van der Waals surface area (Å²) in [7, 11) is 0. The van der Waals surface area contributed by atoms with Crippen LogP contribution in [0.2, 0.25) is 5.02 Å². The van der Waals surface area contributed by atoms with Crippen LogP contribution in [0.5, 0.6) is 0 Å². The van der Waals surface area contributed by atoms with Crippen molar-refractivity contribution >= 4 is 46.0 Å². The van der Waals surface area contributed by atoms with E-state index in [-0.39, 0.29) is 34.1 Å². The van der Waals surface area contributed by atoms with Gasteiger partial charge >= 0.3 is 0 Å². The first-order chi connectivity index (χ1) is 12.5. The van der Waals surface area contributed by atoms with Gasteiger partial charge < -0.3 is 10.8 Å². The molecule has 7 heteroatoms. The zero-order valence-electron chi connectivity index (χ0n) is 15.1. The number of anilines is 1. The Labute approximate surface area is 179 Å². The van der Waals surface area contributed by atoms with Crippen LogP contribution in [0.15, 0.2) is 79.1 Å². The van der Waals surface area contributed by atoms with Gasteiger partial charge in [-0.2, -0.15) is 4.57 Å². The van der Waals surface area contributed by atoms with E-state index in [1.54, 1.807) is 65.5 Å². The zero-order valence-corrected chi connectivity index (χ0v) is 17.6. The van der Waals surface area contributed by atoms with Gasteiger partial charge in [-0.05, 0) is 42.5 Å². The Morgan fingerprint density at radius 3 is 2.21 bits per heavy atom. The van der Waals surface area contributed by atoms with Gasteiger partial charge in [0, 0.05) is 29.1 Å². The van der Waals surface area contributed by atoms with Gasteiger partial charge in [0.05, 0.1) is 0 Å². The summed E-state index contributed by atoms with van der Waals surface area (Å²) in [5.41, 5.74) is 1.79. The third-order valence-corrected chi connectivity index (χ3v) is 4.32. The van der Waals surface area contributed by atoms with Crippen LogP contribution in [0.25, 0.3) is 0 Å². The number of nitrogens with one attached hydrogen (secondary N) is 1. The topological polar surface area (TPSA) is 81.5 Å². The molecule has 0 fully saturated rings. The molecule has 3 rings (SSSR count). The van der Waals surface area contributed by atoms with E-state index >= 15 is 0 Å². The largest absolute Gasteiger partial charge is 0.412 e. The number of benzene rings is 2. The molecule has 146 valence electrons. The van der Waals surface area contributed by atoms with Crippen molar-refractivity contribution in [1.82, 2.24) is 0 Å². The monoisotopic (exact) mass is 463 g/mol. The van der Waals surface area contributed by atoms with Crippen LogP contribution >= 0.6 is 28.6 Å². The van der Waals surface area contributed by atoms with Gasteiger partial charge in [0.25, 0.3) is 5.91 Å². The quantitative estimate of drug-likeness (QED) is 0.456. The summed E-state index contributed by atoms with van der Waals surface area (Å²) in [6, 6.07) is 19.0. The van der Waals surface area contributed by atoms with Crippen LogP contribution in [-0.4, -0.2) is 17.2 Å². The summed E-state index contributed by atoms with van der Waals surface area (Å²) in [6.45, 7) is 1.82. The predicted molar refractivity (Wildman–Crippen MR) is 115 cm³/mol. The lowest BCUT2D eigenvalue weighted by atomic mass is 10.1. The molecular weight excluding hydrogens is 444 g/mol. The van der Waals surface area contributed by atoms with Crippen molar-refractivity contribution in [3.05, 3.63) is 95.3 Å². The Morgan fingerprint density at radius 2 is 1.57 bits per heavy atom. The van der Waals surface area contributed by atoms with Gasteiger partial charge in [-0.15, -0.1) is 17.0 Å². The molecule has 0 saturated heterocycles. The third kappa shape index (κ3) is 5.73. The lowest BCUT2D eigenvalue weighted by Gasteiger charge is -2.09. The minimum Gasteiger partial charge on any atom is -0.412 e. The summed E-state index contributed by atoms with van der Waals surface area (Å²) in [5.74, 6) is -0.224. The number of Topliss-reactive ketones (excluding diaryl/α,β-unsaturated/α-hetero) is 1. The first kappa shape index (κ1) is 23.5. The maximum atomic E-state index is 12.7. The smallest absolute Gasteiger partial charge is 0.255 e. The van der Waals surface area contributed by atoms with Gasteiger partial charge in [-0.1, -0.05) is 29.8 Å². The Balaban J connectivity index is 0.00000196. The van der Waals surface area contributed by atoms with E-state index in [2.05, 4.69) is 5.32 Å². The fourth-order valence-electron chi connectivity index (χ4n) is 2.59. The number of ketones is 1. The number of hydrogen-bond acceptors (Lipinski definition) is 2. The highest BCUT2D eigenvalue weighted by Gasteiger charge is 2.24. The third-order valence-electron chi connectivity index (χ3n) is 4.07. The Kier molecular flexibility index (Phi) is 8.99. The van der Waals surface area contributed by atoms with Crippen LogP contribution in [0.4, 0.5) is 5.69 Å². The summed E-state index contributed by atoms with van der Waals surface area (Å²) >= 11 is 5.88. The van der Waals surface area contributed by atoms with E-state index < -0.39 is 6.04 Å². The molecule has 1 heterocycles.